The highest BCUT2D eigenvalue weighted by Gasteiger charge is 2.25. The van der Waals surface area contributed by atoms with Crippen molar-refractivity contribution >= 4 is 0 Å². The Morgan fingerprint density at radius 3 is 2.31 bits per heavy atom. The second kappa shape index (κ2) is 3.22. The van der Waals surface area contributed by atoms with E-state index in [1.165, 1.54) is 11.1 Å². The van der Waals surface area contributed by atoms with Gasteiger partial charge in [-0.2, -0.15) is 5.26 Å². The maximum absolute atomic E-state index is 8.82. The summed E-state index contributed by atoms with van der Waals surface area (Å²) in [6.45, 7) is 2.02. The van der Waals surface area contributed by atoms with Crippen molar-refractivity contribution in [2.24, 2.45) is 11.8 Å². The minimum absolute atomic E-state index is 0.187. The predicted octanol–water partition coefficient (Wildman–Crippen LogP) is 2.56. The van der Waals surface area contributed by atoms with E-state index in [9.17, 15) is 0 Å². The number of fused-ring (bicyclic) bond motifs is 1. The van der Waals surface area contributed by atoms with Crippen LogP contribution in [0.25, 0.3) is 0 Å². The number of nitriles is 1. The predicted molar refractivity (Wildman–Crippen MR) is 52.1 cm³/mol. The number of hydrogen-bond acceptors (Lipinski definition) is 1. The molecule has 0 radical (unpaired) electrons. The molecular weight excluding hydrogens is 158 g/mol. The molecule has 0 heterocycles. The number of nitrogens with zero attached hydrogens (tertiary/aromatic N) is 1. The van der Waals surface area contributed by atoms with Crippen molar-refractivity contribution in [2.75, 3.05) is 0 Å². The van der Waals surface area contributed by atoms with Crippen molar-refractivity contribution < 1.29 is 0 Å². The SMILES string of the molecule is CC(C#N)C1Cc2ccccc2C1. The van der Waals surface area contributed by atoms with Crippen molar-refractivity contribution in [3.63, 3.8) is 0 Å². The summed E-state index contributed by atoms with van der Waals surface area (Å²) in [6, 6.07) is 10.9. The fourth-order valence-corrected chi connectivity index (χ4v) is 2.05. The van der Waals surface area contributed by atoms with Crippen LogP contribution < -0.4 is 0 Å². The Bertz CT molecular complexity index is 323. The highest BCUT2D eigenvalue weighted by molar-refractivity contribution is 5.32. The Morgan fingerprint density at radius 2 is 1.85 bits per heavy atom. The van der Waals surface area contributed by atoms with Gasteiger partial charge in [-0.3, -0.25) is 0 Å². The topological polar surface area (TPSA) is 23.8 Å². The molecule has 0 saturated carbocycles. The first kappa shape index (κ1) is 8.31. The lowest BCUT2D eigenvalue weighted by Crippen LogP contribution is -2.09. The molecule has 0 amide bonds. The first-order valence-electron chi connectivity index (χ1n) is 4.77. The lowest BCUT2D eigenvalue weighted by molar-refractivity contribution is 0.452. The van der Waals surface area contributed by atoms with Gasteiger partial charge in [0.15, 0.2) is 0 Å². The average molecular weight is 171 g/mol. The summed E-state index contributed by atoms with van der Waals surface area (Å²) in [7, 11) is 0. The number of rotatable bonds is 1. The fraction of sp³-hybridized carbons (Fsp3) is 0.417. The first-order valence-corrected chi connectivity index (χ1v) is 4.77. The van der Waals surface area contributed by atoms with Gasteiger partial charge in [-0.15, -0.1) is 0 Å². The van der Waals surface area contributed by atoms with Gasteiger partial charge >= 0.3 is 0 Å². The van der Waals surface area contributed by atoms with E-state index in [0.717, 1.165) is 12.8 Å². The number of benzene rings is 1. The van der Waals surface area contributed by atoms with Crippen LogP contribution in [0.1, 0.15) is 18.1 Å². The van der Waals surface area contributed by atoms with Crippen LogP contribution in [0.5, 0.6) is 0 Å². The average Bonchev–Trinajstić information content (AvgIpc) is 2.59. The van der Waals surface area contributed by atoms with Crippen LogP contribution in [0.3, 0.4) is 0 Å². The van der Waals surface area contributed by atoms with E-state index in [-0.39, 0.29) is 5.92 Å². The zero-order valence-electron chi connectivity index (χ0n) is 7.83. The molecule has 1 aliphatic rings. The Balaban J connectivity index is 2.19. The highest BCUT2D eigenvalue weighted by atomic mass is 14.3. The van der Waals surface area contributed by atoms with Gasteiger partial charge in [-0.1, -0.05) is 24.3 Å². The minimum atomic E-state index is 0.187. The molecule has 1 heteroatoms. The van der Waals surface area contributed by atoms with Crippen molar-refractivity contribution in [1.29, 1.82) is 5.26 Å². The molecule has 1 nitrogen and oxygen atoms in total. The van der Waals surface area contributed by atoms with Gasteiger partial charge in [0.05, 0.1) is 6.07 Å². The molecule has 2 rings (SSSR count). The van der Waals surface area contributed by atoms with Crippen LogP contribution in [-0.4, -0.2) is 0 Å². The van der Waals surface area contributed by atoms with Crippen LogP contribution in [0, 0.1) is 23.2 Å². The summed E-state index contributed by atoms with van der Waals surface area (Å²) in [5.41, 5.74) is 2.88. The van der Waals surface area contributed by atoms with Gasteiger partial charge in [0, 0.05) is 5.92 Å². The molecule has 0 N–H and O–H groups in total. The largest absolute Gasteiger partial charge is 0.198 e. The third-order valence-electron chi connectivity index (χ3n) is 2.99. The lowest BCUT2D eigenvalue weighted by Gasteiger charge is -2.09. The Morgan fingerprint density at radius 1 is 1.31 bits per heavy atom. The van der Waals surface area contributed by atoms with Crippen LogP contribution in [0.4, 0.5) is 0 Å². The minimum Gasteiger partial charge on any atom is -0.198 e. The molecule has 1 unspecified atom stereocenters. The summed E-state index contributed by atoms with van der Waals surface area (Å²) < 4.78 is 0. The second-order valence-corrected chi connectivity index (χ2v) is 3.85. The van der Waals surface area contributed by atoms with E-state index in [1.54, 1.807) is 0 Å². The molecule has 1 aromatic carbocycles. The maximum Gasteiger partial charge on any atom is 0.0656 e. The van der Waals surface area contributed by atoms with E-state index in [0.29, 0.717) is 5.92 Å². The summed E-state index contributed by atoms with van der Waals surface area (Å²) in [4.78, 5) is 0. The molecule has 0 aromatic heterocycles. The van der Waals surface area contributed by atoms with E-state index in [2.05, 4.69) is 30.3 Å². The summed E-state index contributed by atoms with van der Waals surface area (Å²) in [5.74, 6) is 0.731. The summed E-state index contributed by atoms with van der Waals surface area (Å²) >= 11 is 0. The third-order valence-corrected chi connectivity index (χ3v) is 2.99. The molecular formula is C12H13N. The quantitative estimate of drug-likeness (QED) is 0.637. The zero-order valence-corrected chi connectivity index (χ0v) is 7.83. The molecule has 1 aliphatic carbocycles. The van der Waals surface area contributed by atoms with Crippen LogP contribution in [0.2, 0.25) is 0 Å². The van der Waals surface area contributed by atoms with Crippen molar-refractivity contribution in [3.8, 4) is 6.07 Å². The van der Waals surface area contributed by atoms with E-state index in [1.807, 2.05) is 6.92 Å². The van der Waals surface area contributed by atoms with Crippen LogP contribution in [-0.2, 0) is 12.8 Å². The van der Waals surface area contributed by atoms with E-state index < -0.39 is 0 Å². The molecule has 0 fully saturated rings. The number of hydrogen-bond donors (Lipinski definition) is 0. The Kier molecular flexibility index (Phi) is 2.06. The van der Waals surface area contributed by atoms with Gasteiger partial charge in [0.25, 0.3) is 0 Å². The second-order valence-electron chi connectivity index (χ2n) is 3.85. The van der Waals surface area contributed by atoms with Crippen LogP contribution >= 0.6 is 0 Å². The molecule has 0 aliphatic heterocycles. The smallest absolute Gasteiger partial charge is 0.0656 e. The fourth-order valence-electron chi connectivity index (χ4n) is 2.05. The Hall–Kier alpha value is -1.29. The van der Waals surface area contributed by atoms with Gasteiger partial charge in [0.1, 0.15) is 0 Å². The highest BCUT2D eigenvalue weighted by Crippen LogP contribution is 2.30. The van der Waals surface area contributed by atoms with Crippen molar-refractivity contribution in [3.05, 3.63) is 35.4 Å². The molecule has 0 bridgehead atoms. The normalized spacial score (nSPS) is 17.8. The molecule has 13 heavy (non-hydrogen) atoms. The van der Waals surface area contributed by atoms with Crippen molar-refractivity contribution in [2.45, 2.75) is 19.8 Å². The Labute approximate surface area is 79.0 Å². The van der Waals surface area contributed by atoms with Gasteiger partial charge in [0.2, 0.25) is 0 Å². The molecule has 0 saturated heterocycles. The van der Waals surface area contributed by atoms with Gasteiger partial charge in [-0.25, -0.2) is 0 Å². The maximum atomic E-state index is 8.82. The van der Waals surface area contributed by atoms with Gasteiger partial charge < -0.3 is 0 Å². The summed E-state index contributed by atoms with van der Waals surface area (Å²) in [6.07, 6.45) is 2.18. The van der Waals surface area contributed by atoms with E-state index >= 15 is 0 Å². The molecule has 66 valence electrons. The monoisotopic (exact) mass is 171 g/mol. The third kappa shape index (κ3) is 1.45. The molecule has 0 spiro atoms. The molecule has 1 aromatic rings. The first-order chi connectivity index (χ1) is 6.31. The van der Waals surface area contributed by atoms with Crippen LogP contribution in [0.15, 0.2) is 24.3 Å². The standard InChI is InChI=1S/C12H13N/c1-9(8-13)12-6-10-4-2-3-5-11(10)7-12/h2-5,9,12H,6-7H2,1H3. The zero-order chi connectivity index (χ0) is 9.26. The lowest BCUT2D eigenvalue weighted by atomic mass is 9.93. The molecule has 1 atom stereocenters. The van der Waals surface area contributed by atoms with Crippen molar-refractivity contribution in [1.82, 2.24) is 0 Å². The van der Waals surface area contributed by atoms with E-state index in [4.69, 9.17) is 5.26 Å². The summed E-state index contributed by atoms with van der Waals surface area (Å²) in [5, 5.41) is 8.82. The van der Waals surface area contributed by atoms with Gasteiger partial charge in [-0.05, 0) is 36.8 Å².